The zero-order valence-corrected chi connectivity index (χ0v) is 15.4. The molecule has 2 aromatic rings. The summed E-state index contributed by atoms with van der Waals surface area (Å²) in [7, 11) is 0. The van der Waals surface area contributed by atoms with Crippen molar-refractivity contribution in [3.05, 3.63) is 71.8 Å². The molecule has 0 saturated heterocycles. The molecule has 0 atom stereocenters. The molecular formula is C21H27N3. The van der Waals surface area contributed by atoms with Gasteiger partial charge in [-0.05, 0) is 42.7 Å². The minimum Gasteiger partial charge on any atom is -0.381 e. The van der Waals surface area contributed by atoms with E-state index in [0.29, 0.717) is 6.54 Å². The van der Waals surface area contributed by atoms with Gasteiger partial charge in [-0.1, -0.05) is 45.6 Å². The second-order valence-corrected chi connectivity index (χ2v) is 7.37. The number of hydrogen-bond acceptors (Lipinski definition) is 3. The van der Waals surface area contributed by atoms with Crippen molar-refractivity contribution >= 4 is 11.3 Å². The van der Waals surface area contributed by atoms with Gasteiger partial charge in [0.1, 0.15) is 5.82 Å². The number of aryl methyl sites for hydroxylation is 1. The molecule has 3 nitrogen and oxygen atoms in total. The molecule has 1 aromatic heterocycles. The summed E-state index contributed by atoms with van der Waals surface area (Å²) >= 11 is 0. The van der Waals surface area contributed by atoms with Gasteiger partial charge in [0.2, 0.25) is 0 Å². The molecule has 1 N–H and O–H groups in total. The van der Waals surface area contributed by atoms with Crippen molar-refractivity contribution < 1.29 is 0 Å². The lowest BCUT2D eigenvalue weighted by Crippen LogP contribution is -2.17. The summed E-state index contributed by atoms with van der Waals surface area (Å²) in [5.41, 5.74) is 6.38. The summed E-state index contributed by atoms with van der Waals surface area (Å²) in [5.74, 6) is 0.856. The highest BCUT2D eigenvalue weighted by atomic mass is 14.9. The Hall–Kier alpha value is -2.42. The number of hydrogen-bond donors (Lipinski definition) is 1. The maximum absolute atomic E-state index is 4.46. The Morgan fingerprint density at radius 1 is 1.04 bits per heavy atom. The quantitative estimate of drug-likeness (QED) is 0.853. The fraction of sp³-hybridized carbons (Fsp3) is 0.333. The molecule has 0 saturated carbocycles. The predicted molar refractivity (Wildman–Crippen MR) is 102 cm³/mol. The van der Waals surface area contributed by atoms with E-state index in [0.717, 1.165) is 33.8 Å². The monoisotopic (exact) mass is 321 g/mol. The van der Waals surface area contributed by atoms with E-state index < -0.39 is 0 Å². The van der Waals surface area contributed by atoms with Crippen LogP contribution in [0.3, 0.4) is 0 Å². The third-order valence-electron chi connectivity index (χ3n) is 3.80. The molecule has 24 heavy (non-hydrogen) atoms. The van der Waals surface area contributed by atoms with Gasteiger partial charge in [-0.15, -0.1) is 0 Å². The first-order valence-corrected chi connectivity index (χ1v) is 8.19. The Morgan fingerprint density at radius 3 is 2.17 bits per heavy atom. The minimum atomic E-state index is -0.0317. The summed E-state index contributed by atoms with van der Waals surface area (Å²) in [5, 5.41) is 3.36. The highest BCUT2D eigenvalue weighted by Gasteiger charge is 2.16. The Labute approximate surface area is 145 Å². The SMILES string of the molecule is C=C(C)c1cc(C)cc(C(=C)NCc2cnc(C(C)(C)C)nc2)c1. The van der Waals surface area contributed by atoms with Crippen molar-refractivity contribution in [1.29, 1.82) is 0 Å². The van der Waals surface area contributed by atoms with Crippen LogP contribution in [0.25, 0.3) is 11.3 Å². The van der Waals surface area contributed by atoms with Crippen LogP contribution in [0.2, 0.25) is 0 Å². The standard InChI is InChI=1S/C21H27N3/c1-14(2)18-8-15(3)9-19(10-18)16(4)22-11-17-12-23-20(24-13-17)21(5,6)7/h8-10,12-13,22H,1,4,11H2,2-3,5-7H3. The second-order valence-electron chi connectivity index (χ2n) is 7.37. The molecule has 0 radical (unpaired) electrons. The Bertz CT molecular complexity index is 750. The van der Waals surface area contributed by atoms with Gasteiger partial charge in [0.05, 0.1) is 0 Å². The molecule has 126 valence electrons. The van der Waals surface area contributed by atoms with E-state index in [1.165, 1.54) is 5.56 Å². The topological polar surface area (TPSA) is 37.8 Å². The Kier molecular flexibility index (Phi) is 5.23. The first-order chi connectivity index (χ1) is 11.2. The molecule has 0 amide bonds. The lowest BCUT2D eigenvalue weighted by Gasteiger charge is -2.16. The maximum atomic E-state index is 4.46. The van der Waals surface area contributed by atoms with E-state index in [9.17, 15) is 0 Å². The van der Waals surface area contributed by atoms with Gasteiger partial charge in [-0.3, -0.25) is 0 Å². The lowest BCUT2D eigenvalue weighted by molar-refractivity contribution is 0.543. The van der Waals surface area contributed by atoms with Crippen molar-refractivity contribution in [1.82, 2.24) is 15.3 Å². The highest BCUT2D eigenvalue weighted by molar-refractivity contribution is 5.70. The van der Waals surface area contributed by atoms with Gasteiger partial charge >= 0.3 is 0 Å². The van der Waals surface area contributed by atoms with Crippen molar-refractivity contribution in [2.75, 3.05) is 0 Å². The number of benzene rings is 1. The van der Waals surface area contributed by atoms with Crippen LogP contribution in [0.15, 0.2) is 43.8 Å². The predicted octanol–water partition coefficient (Wildman–Crippen LogP) is 4.88. The normalized spacial score (nSPS) is 11.2. The average molecular weight is 321 g/mol. The minimum absolute atomic E-state index is 0.0317. The molecule has 3 heteroatoms. The van der Waals surface area contributed by atoms with Crippen LogP contribution in [-0.4, -0.2) is 9.97 Å². The Morgan fingerprint density at radius 2 is 1.62 bits per heavy atom. The smallest absolute Gasteiger partial charge is 0.133 e. The third-order valence-corrected chi connectivity index (χ3v) is 3.80. The van der Waals surface area contributed by atoms with Gasteiger partial charge in [0.15, 0.2) is 0 Å². The average Bonchev–Trinajstić information content (AvgIpc) is 2.51. The highest BCUT2D eigenvalue weighted by Crippen LogP contribution is 2.20. The van der Waals surface area contributed by atoms with E-state index in [2.05, 4.69) is 74.3 Å². The van der Waals surface area contributed by atoms with Crippen LogP contribution in [0.4, 0.5) is 0 Å². The fourth-order valence-corrected chi connectivity index (χ4v) is 2.35. The zero-order valence-electron chi connectivity index (χ0n) is 15.4. The van der Waals surface area contributed by atoms with Crippen LogP contribution in [0.5, 0.6) is 0 Å². The van der Waals surface area contributed by atoms with Crippen LogP contribution < -0.4 is 5.32 Å². The van der Waals surface area contributed by atoms with E-state index in [1.807, 2.05) is 19.3 Å². The molecule has 1 aromatic carbocycles. The first kappa shape index (κ1) is 17.9. The van der Waals surface area contributed by atoms with Crippen molar-refractivity contribution in [3.63, 3.8) is 0 Å². The van der Waals surface area contributed by atoms with E-state index in [4.69, 9.17) is 0 Å². The van der Waals surface area contributed by atoms with E-state index in [1.54, 1.807) is 0 Å². The number of allylic oxidation sites excluding steroid dienone is 1. The second kappa shape index (κ2) is 7.00. The number of nitrogens with zero attached hydrogens (tertiary/aromatic N) is 2. The molecule has 0 spiro atoms. The van der Waals surface area contributed by atoms with Crippen LogP contribution >= 0.6 is 0 Å². The fourth-order valence-electron chi connectivity index (χ4n) is 2.35. The number of nitrogens with one attached hydrogen (secondary N) is 1. The van der Waals surface area contributed by atoms with Crippen LogP contribution in [0, 0.1) is 6.92 Å². The molecule has 0 unspecified atom stereocenters. The summed E-state index contributed by atoms with van der Waals surface area (Å²) in [4.78, 5) is 8.92. The van der Waals surface area contributed by atoms with Crippen molar-refractivity contribution in [3.8, 4) is 0 Å². The van der Waals surface area contributed by atoms with Gasteiger partial charge in [-0.2, -0.15) is 0 Å². The van der Waals surface area contributed by atoms with E-state index >= 15 is 0 Å². The van der Waals surface area contributed by atoms with Crippen LogP contribution in [-0.2, 0) is 12.0 Å². The third kappa shape index (κ3) is 4.54. The van der Waals surface area contributed by atoms with E-state index in [-0.39, 0.29) is 5.41 Å². The molecule has 0 aliphatic rings. The molecule has 0 bridgehead atoms. The van der Waals surface area contributed by atoms with Gasteiger partial charge in [0, 0.05) is 35.6 Å². The van der Waals surface area contributed by atoms with Gasteiger partial charge < -0.3 is 5.32 Å². The molecule has 0 aliphatic carbocycles. The van der Waals surface area contributed by atoms with Crippen molar-refractivity contribution in [2.45, 2.75) is 46.6 Å². The van der Waals surface area contributed by atoms with Crippen molar-refractivity contribution in [2.24, 2.45) is 0 Å². The summed E-state index contributed by atoms with van der Waals surface area (Å²) in [6.07, 6.45) is 3.76. The molecule has 0 aliphatic heterocycles. The summed E-state index contributed by atoms with van der Waals surface area (Å²) in [6, 6.07) is 6.38. The molecular weight excluding hydrogens is 294 g/mol. The molecule has 0 fully saturated rings. The first-order valence-electron chi connectivity index (χ1n) is 8.19. The van der Waals surface area contributed by atoms with Gasteiger partial charge in [-0.25, -0.2) is 9.97 Å². The Balaban J connectivity index is 2.07. The van der Waals surface area contributed by atoms with Crippen LogP contribution in [0.1, 0.15) is 55.8 Å². The summed E-state index contributed by atoms with van der Waals surface area (Å²) < 4.78 is 0. The number of rotatable bonds is 5. The maximum Gasteiger partial charge on any atom is 0.133 e. The summed E-state index contributed by atoms with van der Waals surface area (Å²) in [6.45, 7) is 19.3. The zero-order chi connectivity index (χ0) is 17.9. The lowest BCUT2D eigenvalue weighted by atomic mass is 9.96. The largest absolute Gasteiger partial charge is 0.381 e. The number of aromatic nitrogens is 2. The molecule has 2 rings (SSSR count). The van der Waals surface area contributed by atoms with Gasteiger partial charge in [0.25, 0.3) is 0 Å². The molecule has 1 heterocycles.